The highest BCUT2D eigenvalue weighted by atomic mass is 35.5. The molecule has 0 aliphatic heterocycles. The van der Waals surface area contributed by atoms with Crippen molar-refractivity contribution in [3.05, 3.63) is 40.1 Å². The largest absolute Gasteiger partial charge is 0.393 e. The number of rotatable bonds is 4. The summed E-state index contributed by atoms with van der Waals surface area (Å²) in [5.74, 6) is 0.454. The Morgan fingerprint density at radius 2 is 1.93 bits per heavy atom. The molecule has 2 fully saturated rings. The maximum absolute atomic E-state index is 10.5. The second kappa shape index (κ2) is 6.52. The van der Waals surface area contributed by atoms with Crippen LogP contribution in [0.5, 0.6) is 0 Å². The number of anilines is 1. The molecule has 0 saturated heterocycles. The fourth-order valence-corrected chi connectivity index (χ4v) is 4.54. The van der Waals surface area contributed by atoms with Gasteiger partial charge in [-0.2, -0.15) is 9.97 Å². The maximum Gasteiger partial charge on any atom is 0.226 e. The summed E-state index contributed by atoms with van der Waals surface area (Å²) < 4.78 is 1.61. The lowest BCUT2D eigenvalue weighted by molar-refractivity contribution is 0.126. The monoisotopic (exact) mass is 420 g/mol. The van der Waals surface area contributed by atoms with Crippen molar-refractivity contribution in [3.63, 3.8) is 0 Å². The van der Waals surface area contributed by atoms with Gasteiger partial charge in [-0.3, -0.25) is 0 Å². The number of aliphatic hydroxyl groups is 2. The number of aromatic nitrogens is 5. The molecule has 8 nitrogen and oxygen atoms in total. The van der Waals surface area contributed by atoms with E-state index < -0.39 is 6.10 Å². The summed E-state index contributed by atoms with van der Waals surface area (Å²) in [5.41, 5.74) is 1.64. The third kappa shape index (κ3) is 2.91. The van der Waals surface area contributed by atoms with Crippen molar-refractivity contribution in [1.82, 2.24) is 25.0 Å². The van der Waals surface area contributed by atoms with Gasteiger partial charge in [-0.15, -0.1) is 5.10 Å². The summed E-state index contributed by atoms with van der Waals surface area (Å²) in [6, 6.07) is 7.21. The zero-order valence-corrected chi connectivity index (χ0v) is 16.3. The fourth-order valence-electron chi connectivity index (χ4n) is 4.17. The van der Waals surface area contributed by atoms with E-state index in [9.17, 15) is 10.2 Å². The number of aliphatic hydroxyl groups excluding tert-OH is 2. The van der Waals surface area contributed by atoms with Crippen LogP contribution >= 0.6 is 23.2 Å². The summed E-state index contributed by atoms with van der Waals surface area (Å²) in [4.78, 5) is 8.53. The Morgan fingerprint density at radius 3 is 2.64 bits per heavy atom. The minimum Gasteiger partial charge on any atom is -0.393 e. The Hall–Kier alpha value is -2.00. The van der Waals surface area contributed by atoms with Gasteiger partial charge in [0.2, 0.25) is 5.28 Å². The van der Waals surface area contributed by atoms with Crippen LogP contribution in [0.25, 0.3) is 11.2 Å². The lowest BCUT2D eigenvalue weighted by atomic mass is 10.1. The third-order valence-electron chi connectivity index (χ3n) is 5.84. The summed E-state index contributed by atoms with van der Waals surface area (Å²) in [6.45, 7) is 0.441. The van der Waals surface area contributed by atoms with E-state index in [0.29, 0.717) is 47.8 Å². The van der Waals surface area contributed by atoms with Gasteiger partial charge in [0, 0.05) is 17.0 Å². The molecule has 1 aromatic carbocycles. The molecule has 2 aromatic heterocycles. The van der Waals surface area contributed by atoms with E-state index in [1.54, 1.807) is 4.68 Å². The first-order valence-corrected chi connectivity index (χ1v) is 9.84. The lowest BCUT2D eigenvalue weighted by Gasteiger charge is -2.14. The molecule has 1 spiro atoms. The van der Waals surface area contributed by atoms with Gasteiger partial charge in [0.05, 0.1) is 18.2 Å². The van der Waals surface area contributed by atoms with Crippen molar-refractivity contribution in [2.24, 2.45) is 5.41 Å². The standard InChI is InChI=1S/C18H18Cl2N6O2/c19-10-4-2-1-3-9(10)8-21-15-14-16(23-17(20)22-15)26(25-24-14)11-5-18(6-12(11)27)7-13(18)28/h1-4,11-13,27-28H,5-8H2,(H,21,22,23)/t11-,12-,13?,18?/m1/s1. The number of halogens is 2. The third-order valence-corrected chi connectivity index (χ3v) is 6.37. The normalized spacial score (nSPS) is 28.9. The molecule has 2 saturated carbocycles. The predicted octanol–water partition coefficient (Wildman–Crippen LogP) is 2.59. The topological polar surface area (TPSA) is 109 Å². The molecule has 5 rings (SSSR count). The SMILES string of the molecule is OC1CC12C[C@@H](O)[C@H](n1nnc3c(NCc4ccccc4Cl)nc(Cl)nc31)C2. The van der Waals surface area contributed by atoms with Crippen LogP contribution in [-0.2, 0) is 6.54 Å². The van der Waals surface area contributed by atoms with Gasteiger partial charge in [-0.05, 0) is 42.5 Å². The average Bonchev–Trinajstić information content (AvgIpc) is 2.98. The van der Waals surface area contributed by atoms with E-state index in [-0.39, 0.29) is 22.8 Å². The van der Waals surface area contributed by atoms with Crippen molar-refractivity contribution in [2.45, 2.75) is 44.1 Å². The van der Waals surface area contributed by atoms with E-state index in [0.717, 1.165) is 5.56 Å². The number of nitrogens with zero attached hydrogens (tertiary/aromatic N) is 5. The van der Waals surface area contributed by atoms with Gasteiger partial charge < -0.3 is 15.5 Å². The van der Waals surface area contributed by atoms with Gasteiger partial charge in [0.1, 0.15) is 0 Å². The first kappa shape index (κ1) is 18.1. The average molecular weight is 421 g/mol. The van der Waals surface area contributed by atoms with Crippen LogP contribution in [0.4, 0.5) is 5.82 Å². The van der Waals surface area contributed by atoms with E-state index in [1.165, 1.54) is 0 Å². The maximum atomic E-state index is 10.5. The molecular formula is C18H18Cl2N6O2. The van der Waals surface area contributed by atoms with Crippen molar-refractivity contribution in [3.8, 4) is 0 Å². The lowest BCUT2D eigenvalue weighted by Crippen LogP contribution is -2.19. The van der Waals surface area contributed by atoms with Crippen LogP contribution < -0.4 is 5.32 Å². The predicted molar refractivity (Wildman–Crippen MR) is 104 cm³/mol. The number of fused-ring (bicyclic) bond motifs is 1. The van der Waals surface area contributed by atoms with Crippen LogP contribution in [0, 0.1) is 5.41 Å². The second-order valence-corrected chi connectivity index (χ2v) is 8.36. The molecule has 2 aliphatic carbocycles. The van der Waals surface area contributed by atoms with Gasteiger partial charge in [-0.1, -0.05) is 35.0 Å². The van der Waals surface area contributed by atoms with Crippen LogP contribution in [0.1, 0.15) is 30.9 Å². The number of benzene rings is 1. The molecule has 2 heterocycles. The number of hydrogen-bond donors (Lipinski definition) is 3. The van der Waals surface area contributed by atoms with E-state index in [4.69, 9.17) is 23.2 Å². The van der Waals surface area contributed by atoms with Crippen molar-refractivity contribution in [1.29, 1.82) is 0 Å². The van der Waals surface area contributed by atoms with E-state index in [2.05, 4.69) is 25.6 Å². The molecule has 2 unspecified atom stereocenters. The Kier molecular flexibility index (Phi) is 4.20. The van der Waals surface area contributed by atoms with Gasteiger partial charge in [-0.25, -0.2) is 4.68 Å². The first-order valence-electron chi connectivity index (χ1n) is 9.09. The highest BCUT2D eigenvalue weighted by Crippen LogP contribution is 2.60. The molecular weight excluding hydrogens is 403 g/mol. The molecule has 0 amide bonds. The molecule has 3 N–H and O–H groups in total. The summed E-state index contributed by atoms with van der Waals surface area (Å²) in [6.07, 6.45) is 0.936. The summed E-state index contributed by atoms with van der Waals surface area (Å²) in [5, 5.41) is 32.8. The molecule has 0 radical (unpaired) electrons. The number of nitrogens with one attached hydrogen (secondary N) is 1. The smallest absolute Gasteiger partial charge is 0.226 e. The van der Waals surface area contributed by atoms with Crippen LogP contribution in [0.2, 0.25) is 10.3 Å². The minimum absolute atomic E-state index is 0.0614. The van der Waals surface area contributed by atoms with Crippen LogP contribution in [-0.4, -0.2) is 47.4 Å². The molecule has 10 heteroatoms. The Morgan fingerprint density at radius 1 is 1.14 bits per heavy atom. The van der Waals surface area contributed by atoms with Gasteiger partial charge in [0.15, 0.2) is 17.0 Å². The molecule has 0 bridgehead atoms. The fraction of sp³-hybridized carbons (Fsp3) is 0.444. The van der Waals surface area contributed by atoms with Crippen molar-refractivity contribution in [2.75, 3.05) is 5.32 Å². The summed E-state index contributed by atoms with van der Waals surface area (Å²) in [7, 11) is 0. The summed E-state index contributed by atoms with van der Waals surface area (Å²) >= 11 is 12.4. The Balaban J connectivity index is 1.47. The molecule has 4 atom stereocenters. The highest BCUT2D eigenvalue weighted by molar-refractivity contribution is 6.31. The Bertz CT molecular complexity index is 1060. The van der Waals surface area contributed by atoms with Crippen molar-refractivity contribution < 1.29 is 10.2 Å². The van der Waals surface area contributed by atoms with E-state index in [1.807, 2.05) is 24.3 Å². The highest BCUT2D eigenvalue weighted by Gasteiger charge is 2.60. The molecule has 3 aromatic rings. The van der Waals surface area contributed by atoms with Gasteiger partial charge in [0.25, 0.3) is 0 Å². The molecule has 146 valence electrons. The zero-order chi connectivity index (χ0) is 19.5. The van der Waals surface area contributed by atoms with Crippen molar-refractivity contribution >= 4 is 40.2 Å². The van der Waals surface area contributed by atoms with Crippen LogP contribution in [0.15, 0.2) is 24.3 Å². The zero-order valence-electron chi connectivity index (χ0n) is 14.8. The minimum atomic E-state index is -0.615. The quantitative estimate of drug-likeness (QED) is 0.556. The molecule has 2 aliphatic rings. The first-order chi connectivity index (χ1) is 13.5. The van der Waals surface area contributed by atoms with E-state index >= 15 is 0 Å². The second-order valence-electron chi connectivity index (χ2n) is 7.62. The van der Waals surface area contributed by atoms with Crippen LogP contribution in [0.3, 0.4) is 0 Å². The van der Waals surface area contributed by atoms with Gasteiger partial charge >= 0.3 is 0 Å². The molecule has 28 heavy (non-hydrogen) atoms. The Labute approximate surface area is 170 Å². The number of hydrogen-bond acceptors (Lipinski definition) is 7.